The Hall–Kier alpha value is -1.23. The first kappa shape index (κ1) is 30.8. The minimum atomic E-state index is -2.14. The van der Waals surface area contributed by atoms with Gasteiger partial charge in [-0.3, -0.25) is 0 Å². The number of hydrogen-bond acceptors (Lipinski definition) is 6. The number of hydrogen-bond donors (Lipinski definition) is 3. The fraction of sp³-hybridized carbons (Fsp3) is 0.864. The van der Waals surface area contributed by atoms with Gasteiger partial charge in [0.1, 0.15) is 0 Å². The summed E-state index contributed by atoms with van der Waals surface area (Å²) >= 11 is -2.14. The maximum atomic E-state index is 12.4. The molecular weight excluding hydrogens is 519 g/mol. The number of alkyl carbamates (subject to hydrolysis) is 2. The van der Waals surface area contributed by atoms with Crippen LogP contribution in [0.3, 0.4) is 0 Å². The summed E-state index contributed by atoms with van der Waals surface area (Å²) in [6, 6.07) is 0.0591. The third-order valence-electron chi connectivity index (χ3n) is 5.61. The van der Waals surface area contributed by atoms with E-state index in [2.05, 4.69) is 37.8 Å². The molecule has 3 amide bonds. The molecule has 0 fully saturated rings. The fourth-order valence-electron chi connectivity index (χ4n) is 2.91. The van der Waals surface area contributed by atoms with Gasteiger partial charge < -0.3 is 5.32 Å². The standard InChI is InChI=1S/C19H37N4O5.3CH3.Sn/c1-8-13(4)20-18(25)27-15(6)11-23(22-17(24)10-3)12-16(7)28-19(26)21-14(5)9-2;;;;/h8,13-16H,9-12H2,1-7H3,(H,20,25)(H,21,26)(H,22,24);3*1H3;. The third kappa shape index (κ3) is 13.3. The van der Waals surface area contributed by atoms with Gasteiger partial charge in [-0.05, 0) is 13.3 Å². The van der Waals surface area contributed by atoms with Gasteiger partial charge in [-0.15, -0.1) is 0 Å². The van der Waals surface area contributed by atoms with Gasteiger partial charge in [0.05, 0.1) is 0 Å². The number of amides is 3. The Labute approximate surface area is 198 Å². The number of nitrogens with zero attached hydrogens (tertiary/aromatic N) is 1. The van der Waals surface area contributed by atoms with Gasteiger partial charge >= 0.3 is 162 Å². The Morgan fingerprint density at radius 1 is 0.844 bits per heavy atom. The van der Waals surface area contributed by atoms with Crippen molar-refractivity contribution in [3.05, 3.63) is 0 Å². The van der Waals surface area contributed by atoms with Crippen molar-refractivity contribution < 1.29 is 23.9 Å². The van der Waals surface area contributed by atoms with Crippen molar-refractivity contribution in [2.24, 2.45) is 0 Å². The summed E-state index contributed by atoms with van der Waals surface area (Å²) in [6.07, 6.45) is -0.804. The molecule has 188 valence electrons. The van der Waals surface area contributed by atoms with Crippen LogP contribution < -0.4 is 16.1 Å². The van der Waals surface area contributed by atoms with Crippen LogP contribution in [0.5, 0.6) is 0 Å². The Kier molecular flexibility index (Phi) is 14.3. The SMILES string of the molecule is CCC(=O)NN(CC(C)OC(=O)NC(C)CC)CC(C)OC(=O)NC(C)[CH](C)[Sn]([CH3])([CH3])[CH3]. The van der Waals surface area contributed by atoms with E-state index in [-0.39, 0.29) is 31.1 Å². The van der Waals surface area contributed by atoms with Gasteiger partial charge in [-0.2, -0.15) is 0 Å². The van der Waals surface area contributed by atoms with Gasteiger partial charge in [-0.1, -0.05) is 6.92 Å². The van der Waals surface area contributed by atoms with E-state index in [1.807, 2.05) is 20.8 Å². The van der Waals surface area contributed by atoms with Crippen molar-refractivity contribution in [1.82, 2.24) is 21.1 Å². The number of carbonyl (C=O) groups is 3. The Morgan fingerprint density at radius 3 is 1.72 bits per heavy atom. The average molecular weight is 565 g/mol. The van der Waals surface area contributed by atoms with E-state index >= 15 is 0 Å². The third-order valence-corrected chi connectivity index (χ3v) is 14.8. The van der Waals surface area contributed by atoms with E-state index in [0.717, 1.165) is 6.42 Å². The van der Waals surface area contributed by atoms with Crippen LogP contribution in [0.1, 0.15) is 61.3 Å². The molecule has 9 nitrogen and oxygen atoms in total. The number of rotatable bonds is 13. The second-order valence-electron chi connectivity index (χ2n) is 9.77. The first-order valence-corrected chi connectivity index (χ1v) is 21.9. The monoisotopic (exact) mass is 566 g/mol. The molecule has 0 radical (unpaired) electrons. The molecule has 0 saturated carbocycles. The van der Waals surface area contributed by atoms with Crippen molar-refractivity contribution in [3.63, 3.8) is 0 Å². The van der Waals surface area contributed by atoms with Crippen molar-refractivity contribution in [2.45, 2.75) is 104 Å². The van der Waals surface area contributed by atoms with E-state index in [1.54, 1.807) is 25.8 Å². The zero-order valence-corrected chi connectivity index (χ0v) is 24.6. The van der Waals surface area contributed by atoms with E-state index < -0.39 is 42.8 Å². The van der Waals surface area contributed by atoms with Gasteiger partial charge in [0.25, 0.3) is 0 Å². The van der Waals surface area contributed by atoms with Crippen LogP contribution in [0.15, 0.2) is 0 Å². The molecule has 0 heterocycles. The second-order valence-corrected chi connectivity index (χ2v) is 25.9. The molecule has 0 bridgehead atoms. The van der Waals surface area contributed by atoms with Crippen LogP contribution in [0, 0.1) is 0 Å². The number of carbonyl (C=O) groups excluding carboxylic acids is 3. The molecule has 0 aromatic carbocycles. The predicted molar refractivity (Wildman–Crippen MR) is 130 cm³/mol. The van der Waals surface area contributed by atoms with Crippen LogP contribution in [-0.4, -0.2) is 78.9 Å². The zero-order valence-electron chi connectivity index (χ0n) is 21.7. The molecule has 0 aliphatic heterocycles. The van der Waals surface area contributed by atoms with Crippen molar-refractivity contribution >= 4 is 36.5 Å². The van der Waals surface area contributed by atoms with E-state index in [1.165, 1.54) is 0 Å². The Morgan fingerprint density at radius 2 is 1.31 bits per heavy atom. The molecule has 0 aliphatic carbocycles. The van der Waals surface area contributed by atoms with E-state index in [9.17, 15) is 14.4 Å². The quantitative estimate of drug-likeness (QED) is 0.231. The van der Waals surface area contributed by atoms with Crippen LogP contribution in [0.25, 0.3) is 0 Å². The van der Waals surface area contributed by atoms with Crippen LogP contribution in [-0.2, 0) is 14.3 Å². The summed E-state index contributed by atoms with van der Waals surface area (Å²) in [5.74, 6) is -0.168. The molecule has 0 rings (SSSR count). The molecule has 5 unspecified atom stereocenters. The van der Waals surface area contributed by atoms with Gasteiger partial charge in [0, 0.05) is 6.04 Å². The van der Waals surface area contributed by atoms with Crippen molar-refractivity contribution in [1.29, 1.82) is 0 Å². The van der Waals surface area contributed by atoms with Gasteiger partial charge in [0.15, 0.2) is 0 Å². The average Bonchev–Trinajstić information content (AvgIpc) is 2.65. The molecule has 10 heteroatoms. The maximum absolute atomic E-state index is 12.4. The summed E-state index contributed by atoms with van der Waals surface area (Å²) < 4.78 is 11.4. The molecule has 0 aromatic heterocycles. The van der Waals surface area contributed by atoms with Crippen LogP contribution in [0.4, 0.5) is 9.59 Å². The van der Waals surface area contributed by atoms with Crippen LogP contribution in [0.2, 0.25) is 18.8 Å². The molecule has 0 spiro atoms. The zero-order chi connectivity index (χ0) is 25.1. The Bertz CT molecular complexity index is 599. The first-order chi connectivity index (χ1) is 14.7. The first-order valence-electron chi connectivity index (χ1n) is 11.7. The summed E-state index contributed by atoms with van der Waals surface area (Å²) in [4.78, 5) is 43.3. The molecule has 0 aliphatic rings. The van der Waals surface area contributed by atoms with Crippen molar-refractivity contribution in [2.75, 3.05) is 13.1 Å². The van der Waals surface area contributed by atoms with Gasteiger partial charge in [-0.25, -0.2) is 4.79 Å². The number of hydrazine groups is 1. The minimum absolute atomic E-state index is 0.0185. The molecule has 32 heavy (non-hydrogen) atoms. The molecule has 0 saturated heterocycles. The molecule has 5 atom stereocenters. The topological polar surface area (TPSA) is 109 Å². The normalized spacial score (nSPS) is 16.3. The summed E-state index contributed by atoms with van der Waals surface area (Å²) in [5, 5.41) is 7.32. The summed E-state index contributed by atoms with van der Waals surface area (Å²) in [6.45, 7) is 13.9. The predicted octanol–water partition coefficient (Wildman–Crippen LogP) is 3.87. The van der Waals surface area contributed by atoms with Crippen LogP contribution >= 0.6 is 0 Å². The Balaban J connectivity index is 4.84. The van der Waals surface area contributed by atoms with Gasteiger partial charge in [0.2, 0.25) is 0 Å². The van der Waals surface area contributed by atoms with E-state index in [0.29, 0.717) is 10.4 Å². The number of ether oxygens (including phenoxy) is 2. The molecule has 3 N–H and O–H groups in total. The second kappa shape index (κ2) is 14.8. The van der Waals surface area contributed by atoms with E-state index in [4.69, 9.17) is 9.47 Å². The fourth-order valence-corrected chi connectivity index (χ4v) is 7.43. The summed E-state index contributed by atoms with van der Waals surface area (Å²) in [7, 11) is 0. The molecule has 0 aromatic rings. The summed E-state index contributed by atoms with van der Waals surface area (Å²) in [5.41, 5.74) is 2.79. The molecular formula is C22H46N4O5Sn. The van der Waals surface area contributed by atoms with Crippen molar-refractivity contribution in [3.8, 4) is 0 Å². The number of nitrogens with one attached hydrogen (secondary N) is 3.